The SMILES string of the molecule is COC(=O)C1=C([O])CCCC1. The van der Waals surface area contributed by atoms with Crippen molar-refractivity contribution in [3.05, 3.63) is 11.3 Å². The molecule has 3 heteroatoms. The number of rotatable bonds is 1. The Bertz CT molecular complexity index is 194. The summed E-state index contributed by atoms with van der Waals surface area (Å²) < 4.78 is 4.46. The van der Waals surface area contributed by atoms with E-state index in [0.29, 0.717) is 18.4 Å². The highest BCUT2D eigenvalue weighted by atomic mass is 16.5. The first-order chi connectivity index (χ1) is 5.25. The van der Waals surface area contributed by atoms with Crippen LogP contribution in [0.1, 0.15) is 25.7 Å². The second-order valence-electron chi connectivity index (χ2n) is 2.60. The maximum atomic E-state index is 11.1. The van der Waals surface area contributed by atoms with Crippen molar-refractivity contribution in [3.63, 3.8) is 0 Å². The first-order valence-electron chi connectivity index (χ1n) is 3.73. The van der Waals surface area contributed by atoms with Gasteiger partial charge in [-0.15, -0.1) is 0 Å². The van der Waals surface area contributed by atoms with Gasteiger partial charge in [-0.25, -0.2) is 4.79 Å². The van der Waals surface area contributed by atoms with Crippen LogP contribution in [0.5, 0.6) is 0 Å². The highest BCUT2D eigenvalue weighted by molar-refractivity contribution is 5.88. The van der Waals surface area contributed by atoms with Crippen molar-refractivity contribution in [1.29, 1.82) is 0 Å². The fourth-order valence-electron chi connectivity index (χ4n) is 1.22. The summed E-state index contributed by atoms with van der Waals surface area (Å²) in [6.07, 6.45) is 2.92. The summed E-state index contributed by atoms with van der Waals surface area (Å²) >= 11 is 0. The number of hydrogen-bond acceptors (Lipinski definition) is 2. The van der Waals surface area contributed by atoms with Crippen LogP contribution < -0.4 is 0 Å². The monoisotopic (exact) mass is 155 g/mol. The number of carbonyl (C=O) groups is 1. The van der Waals surface area contributed by atoms with Crippen LogP contribution in [0.25, 0.3) is 0 Å². The summed E-state index contributed by atoms with van der Waals surface area (Å²) in [6, 6.07) is 0. The van der Waals surface area contributed by atoms with E-state index in [9.17, 15) is 9.90 Å². The number of allylic oxidation sites excluding steroid dienone is 1. The minimum Gasteiger partial charge on any atom is -0.466 e. The van der Waals surface area contributed by atoms with Crippen LogP contribution in [0.15, 0.2) is 11.3 Å². The van der Waals surface area contributed by atoms with Gasteiger partial charge in [0.25, 0.3) is 0 Å². The average Bonchev–Trinajstić information content (AvgIpc) is 2.04. The zero-order valence-electron chi connectivity index (χ0n) is 6.55. The largest absolute Gasteiger partial charge is 0.466 e. The summed E-state index contributed by atoms with van der Waals surface area (Å²) in [5.41, 5.74) is 0.346. The van der Waals surface area contributed by atoms with Gasteiger partial charge in [0.05, 0.1) is 12.7 Å². The van der Waals surface area contributed by atoms with Crippen LogP contribution in [0.3, 0.4) is 0 Å². The zero-order chi connectivity index (χ0) is 8.27. The van der Waals surface area contributed by atoms with Crippen LogP contribution >= 0.6 is 0 Å². The summed E-state index contributed by atoms with van der Waals surface area (Å²) in [7, 11) is 1.30. The number of ether oxygens (including phenoxy) is 1. The second kappa shape index (κ2) is 3.42. The molecule has 0 aliphatic heterocycles. The Kier molecular flexibility index (Phi) is 2.52. The molecular weight excluding hydrogens is 144 g/mol. The Balaban J connectivity index is 2.74. The van der Waals surface area contributed by atoms with Crippen molar-refractivity contribution < 1.29 is 14.6 Å². The van der Waals surface area contributed by atoms with E-state index in [4.69, 9.17) is 0 Å². The lowest BCUT2D eigenvalue weighted by atomic mass is 9.98. The van der Waals surface area contributed by atoms with Crippen molar-refractivity contribution in [1.82, 2.24) is 0 Å². The third kappa shape index (κ3) is 1.73. The fourth-order valence-corrected chi connectivity index (χ4v) is 1.22. The number of esters is 1. The van der Waals surface area contributed by atoms with Gasteiger partial charge in [-0.2, -0.15) is 0 Å². The van der Waals surface area contributed by atoms with Gasteiger partial charge in [0, 0.05) is 6.42 Å². The maximum absolute atomic E-state index is 11.1. The molecule has 61 valence electrons. The Morgan fingerprint density at radius 2 is 2.00 bits per heavy atom. The Morgan fingerprint density at radius 3 is 2.55 bits per heavy atom. The van der Waals surface area contributed by atoms with E-state index in [2.05, 4.69) is 4.74 Å². The molecule has 11 heavy (non-hydrogen) atoms. The molecule has 0 heterocycles. The predicted octanol–water partition coefficient (Wildman–Crippen LogP) is 1.42. The van der Waals surface area contributed by atoms with Crippen LogP contribution in [-0.4, -0.2) is 13.1 Å². The van der Waals surface area contributed by atoms with E-state index >= 15 is 0 Å². The predicted molar refractivity (Wildman–Crippen MR) is 38.2 cm³/mol. The topological polar surface area (TPSA) is 46.2 Å². The molecular formula is C8H11O3. The van der Waals surface area contributed by atoms with Gasteiger partial charge in [-0.3, -0.25) is 5.11 Å². The third-order valence-electron chi connectivity index (χ3n) is 1.85. The summed E-state index contributed by atoms with van der Waals surface area (Å²) in [4.78, 5) is 10.9. The molecule has 0 fully saturated rings. The van der Waals surface area contributed by atoms with Crippen LogP contribution in [0.4, 0.5) is 0 Å². The van der Waals surface area contributed by atoms with Gasteiger partial charge in [-0.05, 0) is 19.3 Å². The summed E-state index contributed by atoms with van der Waals surface area (Å²) in [5, 5.41) is 11.1. The molecule has 1 aliphatic carbocycles. The van der Waals surface area contributed by atoms with Gasteiger partial charge in [0.15, 0.2) is 5.76 Å². The molecule has 0 aromatic rings. The molecule has 1 radical (unpaired) electrons. The molecule has 0 amide bonds. The normalized spacial score (nSPS) is 18.3. The van der Waals surface area contributed by atoms with E-state index in [1.807, 2.05) is 0 Å². The van der Waals surface area contributed by atoms with Crippen LogP contribution in [0.2, 0.25) is 0 Å². The van der Waals surface area contributed by atoms with Crippen molar-refractivity contribution >= 4 is 5.97 Å². The van der Waals surface area contributed by atoms with Crippen molar-refractivity contribution in [2.75, 3.05) is 7.11 Å². The van der Waals surface area contributed by atoms with Crippen LogP contribution in [0, 0.1) is 0 Å². The fraction of sp³-hybridized carbons (Fsp3) is 0.625. The molecule has 1 rings (SSSR count). The van der Waals surface area contributed by atoms with Crippen molar-refractivity contribution in [2.45, 2.75) is 25.7 Å². The first-order valence-corrected chi connectivity index (χ1v) is 3.73. The molecule has 1 aliphatic rings. The number of methoxy groups -OCH3 is 1. The molecule has 0 bridgehead atoms. The number of hydrogen-bond donors (Lipinski definition) is 0. The molecule has 0 N–H and O–H groups in total. The third-order valence-corrected chi connectivity index (χ3v) is 1.85. The minimum absolute atomic E-state index is 0.0388. The standard InChI is InChI=1S/C8H11O3/c1-11-8(10)6-4-2-3-5-7(6)9/h2-5H2,1H3. The summed E-state index contributed by atoms with van der Waals surface area (Å²) in [6.45, 7) is 0. The zero-order valence-corrected chi connectivity index (χ0v) is 6.55. The smallest absolute Gasteiger partial charge is 0.337 e. The van der Waals surface area contributed by atoms with E-state index in [1.54, 1.807) is 0 Å². The van der Waals surface area contributed by atoms with Gasteiger partial charge < -0.3 is 4.74 Å². The lowest BCUT2D eigenvalue weighted by Gasteiger charge is -2.11. The number of carbonyl (C=O) groups excluding carboxylic acids is 1. The first kappa shape index (κ1) is 8.11. The van der Waals surface area contributed by atoms with E-state index in [0.717, 1.165) is 12.8 Å². The molecule has 0 aromatic heterocycles. The summed E-state index contributed by atoms with van der Waals surface area (Å²) in [5.74, 6) is -0.488. The van der Waals surface area contributed by atoms with Crippen molar-refractivity contribution in [3.8, 4) is 0 Å². The van der Waals surface area contributed by atoms with Crippen LogP contribution in [-0.2, 0) is 14.6 Å². The Morgan fingerprint density at radius 1 is 1.36 bits per heavy atom. The Hall–Kier alpha value is -0.990. The van der Waals surface area contributed by atoms with Gasteiger partial charge in [0.1, 0.15) is 0 Å². The van der Waals surface area contributed by atoms with E-state index in [-0.39, 0.29) is 5.76 Å². The molecule has 0 spiro atoms. The van der Waals surface area contributed by atoms with Crippen molar-refractivity contribution in [2.24, 2.45) is 0 Å². The Labute approximate surface area is 65.7 Å². The lowest BCUT2D eigenvalue weighted by Crippen LogP contribution is -2.10. The van der Waals surface area contributed by atoms with Gasteiger partial charge >= 0.3 is 5.97 Å². The molecule has 0 aromatic carbocycles. The molecule has 0 saturated heterocycles. The average molecular weight is 155 g/mol. The maximum Gasteiger partial charge on any atom is 0.337 e. The minimum atomic E-state index is -0.449. The quantitative estimate of drug-likeness (QED) is 0.537. The van der Waals surface area contributed by atoms with E-state index in [1.165, 1.54) is 7.11 Å². The highest BCUT2D eigenvalue weighted by Gasteiger charge is 2.20. The molecule has 0 atom stereocenters. The molecule has 3 nitrogen and oxygen atoms in total. The highest BCUT2D eigenvalue weighted by Crippen LogP contribution is 2.23. The second-order valence-corrected chi connectivity index (χ2v) is 2.60. The van der Waals surface area contributed by atoms with Gasteiger partial charge in [0.2, 0.25) is 0 Å². The molecule has 0 unspecified atom stereocenters. The van der Waals surface area contributed by atoms with E-state index < -0.39 is 5.97 Å². The van der Waals surface area contributed by atoms with Gasteiger partial charge in [-0.1, -0.05) is 0 Å². The lowest BCUT2D eigenvalue weighted by molar-refractivity contribution is -0.136. The molecule has 0 saturated carbocycles.